The second-order valence-corrected chi connectivity index (χ2v) is 9.39. The highest BCUT2D eigenvalue weighted by Gasteiger charge is 2.44. The number of methoxy groups -OCH3 is 1. The monoisotopic (exact) mass is 527 g/mol. The molecule has 0 saturated carbocycles. The number of hydrogen-bond acceptors (Lipinski definition) is 7. The molecule has 0 fully saturated rings. The van der Waals surface area contributed by atoms with Gasteiger partial charge in [0.05, 0.1) is 41.2 Å². The number of halogens is 1. The van der Waals surface area contributed by atoms with Crippen LogP contribution in [0.4, 0.5) is 0 Å². The highest BCUT2D eigenvalue weighted by atomic mass is 35.5. The summed E-state index contributed by atoms with van der Waals surface area (Å²) in [5.41, 5.74) is 2.70. The lowest BCUT2D eigenvalue weighted by molar-refractivity contribution is -0.150. The molecule has 2 amide bonds. The summed E-state index contributed by atoms with van der Waals surface area (Å²) in [5, 5.41) is 15.9. The first kappa shape index (κ1) is 27.1. The van der Waals surface area contributed by atoms with Crippen molar-refractivity contribution in [3.63, 3.8) is 0 Å². The first-order valence-electron chi connectivity index (χ1n) is 11.2. The van der Waals surface area contributed by atoms with Gasteiger partial charge in [-0.2, -0.15) is 5.26 Å². The largest absolute Gasteiger partial charge is 0.492 e. The lowest BCUT2D eigenvalue weighted by Crippen LogP contribution is -2.44. The van der Waals surface area contributed by atoms with Gasteiger partial charge in [-0.3, -0.25) is 14.4 Å². The number of amides is 2. The van der Waals surface area contributed by atoms with Gasteiger partial charge in [0.2, 0.25) is 11.8 Å². The minimum absolute atomic E-state index is 0.0354. The van der Waals surface area contributed by atoms with E-state index in [-0.39, 0.29) is 27.3 Å². The van der Waals surface area contributed by atoms with E-state index in [9.17, 15) is 19.6 Å². The summed E-state index contributed by atoms with van der Waals surface area (Å²) in [5.74, 6) is -3.50. The average molecular weight is 528 g/mol. The predicted molar refractivity (Wildman–Crippen MR) is 137 cm³/mol. The van der Waals surface area contributed by atoms with Gasteiger partial charge in [0.15, 0.2) is 0 Å². The molecule has 0 bridgehead atoms. The van der Waals surface area contributed by atoms with E-state index >= 15 is 0 Å². The highest BCUT2D eigenvalue weighted by Crippen LogP contribution is 2.42. The topological polar surface area (TPSA) is 118 Å². The van der Waals surface area contributed by atoms with Gasteiger partial charge in [0.1, 0.15) is 11.7 Å². The van der Waals surface area contributed by atoms with E-state index in [4.69, 9.17) is 21.1 Å². The van der Waals surface area contributed by atoms with Crippen molar-refractivity contribution in [2.45, 2.75) is 26.3 Å². The minimum atomic E-state index is -1.29. The molecule has 2 aromatic rings. The number of nitriles is 1. The molecule has 10 heteroatoms. The molecule has 2 N–H and O–H groups in total. The van der Waals surface area contributed by atoms with Crippen molar-refractivity contribution in [1.82, 2.24) is 10.6 Å². The summed E-state index contributed by atoms with van der Waals surface area (Å²) >= 11 is 7.37. The van der Waals surface area contributed by atoms with Crippen molar-refractivity contribution in [3.8, 4) is 11.8 Å². The second kappa shape index (κ2) is 12.5. The number of nitrogens with zero attached hydrogens (tertiary/aromatic N) is 1. The maximum absolute atomic E-state index is 13.0. The molecular formula is C26H26ClN3O5S. The van der Waals surface area contributed by atoms with Crippen LogP contribution in [0.3, 0.4) is 0 Å². The summed E-state index contributed by atoms with van der Waals surface area (Å²) in [6.07, 6.45) is 0. The Kier molecular flexibility index (Phi) is 9.39. The van der Waals surface area contributed by atoms with Gasteiger partial charge in [-0.25, -0.2) is 0 Å². The first-order valence-corrected chi connectivity index (χ1v) is 12.6. The van der Waals surface area contributed by atoms with Gasteiger partial charge < -0.3 is 20.1 Å². The third kappa shape index (κ3) is 6.39. The van der Waals surface area contributed by atoms with Crippen LogP contribution in [0.5, 0.6) is 5.75 Å². The fourth-order valence-electron chi connectivity index (χ4n) is 3.76. The lowest BCUT2D eigenvalue weighted by atomic mass is 9.78. The molecule has 0 radical (unpaired) electrons. The molecule has 0 saturated heterocycles. The summed E-state index contributed by atoms with van der Waals surface area (Å²) in [6.45, 7) is 4.57. The van der Waals surface area contributed by atoms with E-state index in [2.05, 4.69) is 16.7 Å². The molecule has 0 unspecified atom stereocenters. The Labute approximate surface area is 219 Å². The van der Waals surface area contributed by atoms with E-state index in [1.165, 1.54) is 7.11 Å². The Hall–Kier alpha value is -3.48. The van der Waals surface area contributed by atoms with Crippen LogP contribution in [0.15, 0.2) is 53.1 Å². The number of benzene rings is 2. The van der Waals surface area contributed by atoms with Crippen molar-refractivity contribution < 1.29 is 23.9 Å². The average Bonchev–Trinajstić information content (AvgIpc) is 2.87. The van der Waals surface area contributed by atoms with Gasteiger partial charge in [0.25, 0.3) is 0 Å². The molecule has 1 aliphatic heterocycles. The minimum Gasteiger partial charge on any atom is -0.492 e. The molecule has 36 heavy (non-hydrogen) atoms. The van der Waals surface area contributed by atoms with E-state index in [0.717, 1.165) is 22.9 Å². The zero-order valence-corrected chi connectivity index (χ0v) is 21.7. The van der Waals surface area contributed by atoms with Crippen molar-refractivity contribution in [2.75, 3.05) is 19.5 Å². The number of nitrogens with one attached hydrogen (secondary N) is 2. The Bertz CT molecular complexity index is 1220. The number of esters is 1. The SMILES string of the molecule is CCOc1ccc([C@@H]2C(C#N)=C(SCC(=O)NCc3ccc(C)cc3)NC(=O)[C@H]2C(=O)OC)cc1Cl. The van der Waals surface area contributed by atoms with E-state index < -0.39 is 23.7 Å². The normalized spacial score (nSPS) is 17.1. The smallest absolute Gasteiger partial charge is 0.319 e. The van der Waals surface area contributed by atoms with Gasteiger partial charge in [0, 0.05) is 12.5 Å². The second-order valence-electron chi connectivity index (χ2n) is 8.00. The Balaban J connectivity index is 1.85. The van der Waals surface area contributed by atoms with E-state index in [1.54, 1.807) is 18.2 Å². The molecule has 2 atom stereocenters. The molecule has 0 aromatic heterocycles. The summed E-state index contributed by atoms with van der Waals surface area (Å²) in [7, 11) is 1.18. The summed E-state index contributed by atoms with van der Waals surface area (Å²) in [6, 6.07) is 14.7. The number of aryl methyl sites for hydroxylation is 1. The molecule has 1 heterocycles. The third-order valence-corrected chi connectivity index (χ3v) is 6.87. The number of carbonyl (C=O) groups is 3. The molecule has 3 rings (SSSR count). The van der Waals surface area contributed by atoms with Crippen LogP contribution in [0.1, 0.15) is 29.5 Å². The van der Waals surface area contributed by atoms with Crippen LogP contribution in [0.2, 0.25) is 5.02 Å². The quantitative estimate of drug-likeness (QED) is 0.376. The predicted octanol–water partition coefficient (Wildman–Crippen LogP) is 3.83. The lowest BCUT2D eigenvalue weighted by Gasteiger charge is -2.31. The number of thioether (sulfide) groups is 1. The zero-order chi connectivity index (χ0) is 26.2. The first-order chi connectivity index (χ1) is 17.3. The van der Waals surface area contributed by atoms with Gasteiger partial charge in [-0.1, -0.05) is 59.3 Å². The Morgan fingerprint density at radius 1 is 1.22 bits per heavy atom. The van der Waals surface area contributed by atoms with Gasteiger partial charge in [-0.05, 0) is 37.1 Å². The van der Waals surface area contributed by atoms with Crippen LogP contribution >= 0.6 is 23.4 Å². The molecule has 0 aliphatic carbocycles. The summed E-state index contributed by atoms with van der Waals surface area (Å²) < 4.78 is 10.3. The molecule has 188 valence electrons. The van der Waals surface area contributed by atoms with Crippen LogP contribution < -0.4 is 15.4 Å². The summed E-state index contributed by atoms with van der Waals surface area (Å²) in [4.78, 5) is 38.0. The van der Waals surface area contributed by atoms with E-state index in [0.29, 0.717) is 24.5 Å². The van der Waals surface area contributed by atoms with Crippen LogP contribution in [-0.4, -0.2) is 37.3 Å². The maximum Gasteiger partial charge on any atom is 0.319 e. The standard InChI is InChI=1S/C26H26ClN3O5S/c1-4-35-20-10-9-17(11-19(20)27)22-18(12-28)25(30-24(32)23(22)26(33)34-3)36-14-21(31)29-13-16-7-5-15(2)6-8-16/h5-11,22-23H,4,13-14H2,1-3H3,(H,29,31)(H,30,32)/t22-,23+/m1/s1. The fraction of sp³-hybridized carbons (Fsp3) is 0.308. The molecule has 8 nitrogen and oxygen atoms in total. The van der Waals surface area contributed by atoms with Gasteiger partial charge >= 0.3 is 5.97 Å². The number of ether oxygens (including phenoxy) is 2. The molecule has 0 spiro atoms. The molecule has 1 aliphatic rings. The number of allylic oxidation sites excluding steroid dienone is 1. The van der Waals surface area contributed by atoms with Gasteiger partial charge in [-0.15, -0.1) is 0 Å². The third-order valence-electron chi connectivity index (χ3n) is 5.56. The highest BCUT2D eigenvalue weighted by molar-refractivity contribution is 8.03. The Morgan fingerprint density at radius 3 is 2.56 bits per heavy atom. The number of carbonyl (C=O) groups excluding carboxylic acids is 3. The number of hydrogen-bond donors (Lipinski definition) is 2. The fourth-order valence-corrected chi connectivity index (χ4v) is 4.88. The van der Waals surface area contributed by atoms with Crippen LogP contribution in [0.25, 0.3) is 0 Å². The van der Waals surface area contributed by atoms with Crippen molar-refractivity contribution in [3.05, 3.63) is 74.8 Å². The zero-order valence-electron chi connectivity index (χ0n) is 20.1. The Morgan fingerprint density at radius 2 is 1.94 bits per heavy atom. The van der Waals surface area contributed by atoms with Crippen molar-refractivity contribution in [1.29, 1.82) is 5.26 Å². The van der Waals surface area contributed by atoms with E-state index in [1.807, 2.05) is 38.1 Å². The van der Waals surface area contributed by atoms with Crippen molar-refractivity contribution in [2.24, 2.45) is 5.92 Å². The van der Waals surface area contributed by atoms with Crippen molar-refractivity contribution >= 4 is 41.1 Å². The molecular weight excluding hydrogens is 502 g/mol. The number of rotatable bonds is 9. The molecule has 2 aromatic carbocycles. The maximum atomic E-state index is 13.0. The van der Waals surface area contributed by atoms with Crippen LogP contribution in [0, 0.1) is 24.2 Å². The van der Waals surface area contributed by atoms with Crippen LogP contribution in [-0.2, 0) is 25.7 Å².